The molecule has 5 nitrogen and oxygen atoms in total. The fourth-order valence-electron chi connectivity index (χ4n) is 2.04. The Hall–Kier alpha value is -0.880. The fourth-order valence-corrected chi connectivity index (χ4v) is 2.04. The van der Waals surface area contributed by atoms with Crippen molar-refractivity contribution >= 4 is 0 Å². The van der Waals surface area contributed by atoms with E-state index in [0.29, 0.717) is 26.3 Å². The molecule has 1 aromatic rings. The first-order valence-electron chi connectivity index (χ1n) is 6.45. The summed E-state index contributed by atoms with van der Waals surface area (Å²) >= 11 is 0. The molecule has 3 N–H and O–H groups in total. The average Bonchev–Trinajstić information content (AvgIpc) is 2.63. The first-order chi connectivity index (χ1) is 8.68. The zero-order valence-corrected chi connectivity index (χ0v) is 10.9. The lowest BCUT2D eigenvalue weighted by Gasteiger charge is -2.26. The minimum absolute atomic E-state index is 0.382. The van der Waals surface area contributed by atoms with Crippen molar-refractivity contribution in [1.82, 2.24) is 10.6 Å². The van der Waals surface area contributed by atoms with E-state index in [-0.39, 0.29) is 0 Å². The van der Waals surface area contributed by atoms with Gasteiger partial charge in [-0.15, -0.1) is 0 Å². The van der Waals surface area contributed by atoms with Crippen LogP contribution in [0.4, 0.5) is 0 Å². The monoisotopic (exact) mass is 254 g/mol. The molecule has 1 aliphatic heterocycles. The molecule has 1 aliphatic rings. The van der Waals surface area contributed by atoms with E-state index in [0.717, 1.165) is 31.0 Å². The summed E-state index contributed by atoms with van der Waals surface area (Å²) in [6.07, 6.45) is 0.832. The number of hydrogen-bond donors (Lipinski definition) is 3. The van der Waals surface area contributed by atoms with E-state index in [9.17, 15) is 5.11 Å². The van der Waals surface area contributed by atoms with Crippen LogP contribution < -0.4 is 10.6 Å². The van der Waals surface area contributed by atoms with Gasteiger partial charge in [0.1, 0.15) is 17.1 Å². The van der Waals surface area contributed by atoms with Gasteiger partial charge in [0, 0.05) is 32.6 Å². The molecule has 5 heteroatoms. The van der Waals surface area contributed by atoms with Gasteiger partial charge in [0.25, 0.3) is 0 Å². The van der Waals surface area contributed by atoms with Crippen LogP contribution in [0.1, 0.15) is 11.5 Å². The number of hydrogen-bond acceptors (Lipinski definition) is 5. The van der Waals surface area contributed by atoms with E-state index in [1.807, 2.05) is 19.1 Å². The van der Waals surface area contributed by atoms with Gasteiger partial charge >= 0.3 is 0 Å². The summed E-state index contributed by atoms with van der Waals surface area (Å²) in [5.74, 6) is 1.91. The van der Waals surface area contributed by atoms with Crippen molar-refractivity contribution in [2.75, 3.05) is 39.4 Å². The third-order valence-corrected chi connectivity index (χ3v) is 3.05. The number of aryl methyl sites for hydroxylation is 1. The van der Waals surface area contributed by atoms with E-state index in [1.54, 1.807) is 0 Å². The Morgan fingerprint density at radius 2 is 2.39 bits per heavy atom. The largest absolute Gasteiger partial charge is 0.466 e. The van der Waals surface area contributed by atoms with Crippen molar-refractivity contribution in [3.8, 4) is 0 Å². The summed E-state index contributed by atoms with van der Waals surface area (Å²) in [6, 6.07) is 3.95. The number of β-amino-alcohol motifs (C(OH)–C–C–N with tert-alkyl or cyclic N) is 1. The Labute approximate surface area is 108 Å². The molecular formula is C13H22N2O3. The van der Waals surface area contributed by atoms with Crippen LogP contribution in [0.25, 0.3) is 0 Å². The molecule has 2 rings (SSSR count). The molecule has 102 valence electrons. The van der Waals surface area contributed by atoms with Crippen molar-refractivity contribution < 1.29 is 14.3 Å². The van der Waals surface area contributed by atoms with Crippen LogP contribution in [0.5, 0.6) is 0 Å². The Morgan fingerprint density at radius 1 is 1.50 bits per heavy atom. The van der Waals surface area contributed by atoms with Gasteiger partial charge in [-0.25, -0.2) is 0 Å². The molecule has 0 aromatic carbocycles. The minimum atomic E-state index is -0.810. The van der Waals surface area contributed by atoms with Gasteiger partial charge in [-0.3, -0.25) is 0 Å². The molecular weight excluding hydrogens is 232 g/mol. The van der Waals surface area contributed by atoms with Crippen LogP contribution in [-0.2, 0) is 11.2 Å². The van der Waals surface area contributed by atoms with Crippen molar-refractivity contribution in [2.45, 2.75) is 18.9 Å². The number of aliphatic hydroxyl groups is 1. The molecule has 2 heterocycles. The topological polar surface area (TPSA) is 66.7 Å². The van der Waals surface area contributed by atoms with Crippen LogP contribution in [0, 0.1) is 6.92 Å². The Kier molecular flexibility index (Phi) is 4.77. The van der Waals surface area contributed by atoms with Crippen LogP contribution in [0.15, 0.2) is 16.5 Å². The van der Waals surface area contributed by atoms with Crippen LogP contribution >= 0.6 is 0 Å². The van der Waals surface area contributed by atoms with Gasteiger partial charge in [-0.1, -0.05) is 0 Å². The predicted molar refractivity (Wildman–Crippen MR) is 68.7 cm³/mol. The number of ether oxygens (including phenoxy) is 1. The van der Waals surface area contributed by atoms with Crippen LogP contribution in [-0.4, -0.2) is 50.1 Å². The standard InChI is InChI=1S/C13H22N2O3/c1-11-2-3-12(18-11)4-5-14-8-13(16)9-15-6-7-17-10-13/h2-3,14-16H,4-10H2,1H3/t13-/m1/s1. The van der Waals surface area contributed by atoms with Crippen LogP contribution in [0.2, 0.25) is 0 Å². The van der Waals surface area contributed by atoms with Gasteiger partial charge in [-0.2, -0.15) is 0 Å². The second-order valence-corrected chi connectivity index (χ2v) is 4.89. The summed E-state index contributed by atoms with van der Waals surface area (Å²) < 4.78 is 10.8. The molecule has 1 saturated heterocycles. The summed E-state index contributed by atoms with van der Waals surface area (Å²) in [5, 5.41) is 16.7. The van der Waals surface area contributed by atoms with Gasteiger partial charge < -0.3 is 24.9 Å². The van der Waals surface area contributed by atoms with E-state index in [2.05, 4.69) is 10.6 Å². The molecule has 1 fully saturated rings. The second-order valence-electron chi connectivity index (χ2n) is 4.89. The van der Waals surface area contributed by atoms with E-state index >= 15 is 0 Å². The highest BCUT2D eigenvalue weighted by atomic mass is 16.5. The summed E-state index contributed by atoms with van der Waals surface area (Å²) in [5.41, 5.74) is -0.810. The van der Waals surface area contributed by atoms with Gasteiger partial charge in [0.15, 0.2) is 0 Å². The number of furan rings is 1. The summed E-state index contributed by atoms with van der Waals surface area (Å²) in [4.78, 5) is 0. The van der Waals surface area contributed by atoms with Gasteiger partial charge in [0.2, 0.25) is 0 Å². The summed E-state index contributed by atoms with van der Waals surface area (Å²) in [6.45, 7) is 5.66. The molecule has 0 radical (unpaired) electrons. The zero-order chi connectivity index (χ0) is 12.8. The van der Waals surface area contributed by atoms with Gasteiger partial charge in [0.05, 0.1) is 13.2 Å². The zero-order valence-electron chi connectivity index (χ0n) is 10.9. The number of rotatable bonds is 5. The number of nitrogens with one attached hydrogen (secondary N) is 2. The second kappa shape index (κ2) is 6.33. The normalized spacial score (nSPS) is 25.0. The quantitative estimate of drug-likeness (QED) is 0.649. The van der Waals surface area contributed by atoms with Crippen molar-refractivity contribution in [1.29, 1.82) is 0 Å². The lowest BCUT2D eigenvalue weighted by atomic mass is 10.1. The average molecular weight is 254 g/mol. The van der Waals surface area contributed by atoms with Crippen molar-refractivity contribution in [3.05, 3.63) is 23.7 Å². The SMILES string of the molecule is Cc1ccc(CCNC[C@@]2(O)CNCCOC2)o1. The molecule has 1 aromatic heterocycles. The molecule has 0 amide bonds. The minimum Gasteiger partial charge on any atom is -0.466 e. The highest BCUT2D eigenvalue weighted by Gasteiger charge is 2.28. The maximum Gasteiger partial charge on any atom is 0.113 e. The first-order valence-corrected chi connectivity index (χ1v) is 6.45. The molecule has 18 heavy (non-hydrogen) atoms. The maximum atomic E-state index is 10.3. The third-order valence-electron chi connectivity index (χ3n) is 3.05. The molecule has 0 unspecified atom stereocenters. The van der Waals surface area contributed by atoms with E-state index in [4.69, 9.17) is 9.15 Å². The Balaban J connectivity index is 1.67. The van der Waals surface area contributed by atoms with Crippen molar-refractivity contribution in [3.63, 3.8) is 0 Å². The molecule has 0 aliphatic carbocycles. The Bertz CT molecular complexity index is 357. The van der Waals surface area contributed by atoms with Crippen molar-refractivity contribution in [2.24, 2.45) is 0 Å². The molecule has 0 bridgehead atoms. The highest BCUT2D eigenvalue weighted by Crippen LogP contribution is 2.07. The fraction of sp³-hybridized carbons (Fsp3) is 0.692. The summed E-state index contributed by atoms with van der Waals surface area (Å²) in [7, 11) is 0. The van der Waals surface area contributed by atoms with E-state index in [1.165, 1.54) is 0 Å². The smallest absolute Gasteiger partial charge is 0.113 e. The third kappa shape index (κ3) is 4.10. The lowest BCUT2D eigenvalue weighted by Crippen LogP contribution is -2.50. The maximum absolute atomic E-state index is 10.3. The van der Waals surface area contributed by atoms with E-state index < -0.39 is 5.60 Å². The first kappa shape index (κ1) is 13.5. The predicted octanol–water partition coefficient (Wildman–Crippen LogP) is 0.0710. The molecule has 0 spiro atoms. The lowest BCUT2D eigenvalue weighted by molar-refractivity contribution is -0.0261. The van der Waals surface area contributed by atoms with Crippen LogP contribution in [0.3, 0.4) is 0 Å². The molecule has 1 atom stereocenters. The Morgan fingerprint density at radius 3 is 3.17 bits per heavy atom. The highest BCUT2D eigenvalue weighted by molar-refractivity contribution is 5.05. The van der Waals surface area contributed by atoms with Gasteiger partial charge in [-0.05, 0) is 19.1 Å². The molecule has 0 saturated carbocycles.